The zero-order chi connectivity index (χ0) is 12.1. The lowest BCUT2D eigenvalue weighted by atomic mass is 10.4. The summed E-state index contributed by atoms with van der Waals surface area (Å²) in [7, 11) is 0. The van der Waals surface area contributed by atoms with Crippen LogP contribution in [0.25, 0.3) is 0 Å². The average molecular weight is 330 g/mol. The predicted octanol–water partition coefficient (Wildman–Crippen LogP) is 4.27. The maximum atomic E-state index is 5.68. The Morgan fingerprint density at radius 2 is 2.00 bits per heavy atom. The van der Waals surface area contributed by atoms with Gasteiger partial charge in [-0.1, -0.05) is 22.0 Å². The van der Waals surface area contributed by atoms with E-state index >= 15 is 0 Å². The molecule has 88 valence electrons. The first-order chi connectivity index (χ1) is 8.28. The van der Waals surface area contributed by atoms with Gasteiger partial charge in [0.05, 0.1) is 11.6 Å². The Labute approximate surface area is 118 Å². The van der Waals surface area contributed by atoms with Gasteiger partial charge in [0.2, 0.25) is 0 Å². The van der Waals surface area contributed by atoms with Crippen LogP contribution in [0.4, 0.5) is 0 Å². The average Bonchev–Trinajstić information content (AvgIpc) is 2.37. The minimum atomic E-state index is 0.457. The van der Waals surface area contributed by atoms with Crippen molar-refractivity contribution in [2.45, 2.75) is 16.5 Å². The second-order valence-electron chi connectivity index (χ2n) is 3.39. The van der Waals surface area contributed by atoms with Gasteiger partial charge in [-0.15, -0.1) is 23.4 Å². The van der Waals surface area contributed by atoms with Gasteiger partial charge in [0.15, 0.2) is 0 Å². The van der Waals surface area contributed by atoms with Gasteiger partial charge in [0.25, 0.3) is 0 Å². The molecule has 5 heteroatoms. The van der Waals surface area contributed by atoms with Crippen LogP contribution in [-0.2, 0) is 11.6 Å². The van der Waals surface area contributed by atoms with Crippen LogP contribution in [-0.4, -0.2) is 9.97 Å². The standard InChI is InChI=1S/C12H10BrClN2S/c13-10-2-1-3-11(4-10)17-8-12-15-6-9(5-14)7-16-12/h1-4,6-7H,5,8H2. The fourth-order valence-corrected chi connectivity index (χ4v) is 2.75. The van der Waals surface area contributed by atoms with E-state index < -0.39 is 0 Å². The Kier molecular flexibility index (Phi) is 4.83. The molecule has 0 amide bonds. The minimum absolute atomic E-state index is 0.457. The molecular formula is C12H10BrClN2S. The number of rotatable bonds is 4. The van der Waals surface area contributed by atoms with Crippen LogP contribution < -0.4 is 0 Å². The van der Waals surface area contributed by atoms with Crippen LogP contribution in [0.5, 0.6) is 0 Å². The lowest BCUT2D eigenvalue weighted by molar-refractivity contribution is 1.01. The quantitative estimate of drug-likeness (QED) is 0.619. The van der Waals surface area contributed by atoms with E-state index in [-0.39, 0.29) is 0 Å². The first-order valence-electron chi connectivity index (χ1n) is 5.02. The molecule has 0 N–H and O–H groups in total. The summed E-state index contributed by atoms with van der Waals surface area (Å²) in [5, 5.41) is 0. The van der Waals surface area contributed by atoms with Crippen LogP contribution in [0, 0.1) is 0 Å². The Balaban J connectivity index is 1.97. The SMILES string of the molecule is ClCc1cnc(CSc2cccc(Br)c2)nc1. The molecule has 2 nitrogen and oxygen atoms in total. The zero-order valence-electron chi connectivity index (χ0n) is 8.94. The minimum Gasteiger partial charge on any atom is -0.240 e. The lowest BCUT2D eigenvalue weighted by Gasteiger charge is -2.02. The topological polar surface area (TPSA) is 25.8 Å². The maximum absolute atomic E-state index is 5.68. The van der Waals surface area contributed by atoms with E-state index in [4.69, 9.17) is 11.6 Å². The highest BCUT2D eigenvalue weighted by atomic mass is 79.9. The van der Waals surface area contributed by atoms with E-state index in [1.807, 2.05) is 12.1 Å². The molecular weight excluding hydrogens is 320 g/mol. The molecule has 0 atom stereocenters. The molecule has 0 saturated heterocycles. The molecule has 0 bridgehead atoms. The summed E-state index contributed by atoms with van der Waals surface area (Å²) in [4.78, 5) is 9.72. The largest absolute Gasteiger partial charge is 0.240 e. The summed E-state index contributed by atoms with van der Waals surface area (Å²) >= 11 is 10.8. The van der Waals surface area contributed by atoms with Crippen molar-refractivity contribution in [1.29, 1.82) is 0 Å². The normalized spacial score (nSPS) is 10.5. The molecule has 1 aromatic heterocycles. The van der Waals surface area contributed by atoms with Crippen LogP contribution in [0.2, 0.25) is 0 Å². The number of halogens is 2. The third-order valence-corrected chi connectivity index (χ3v) is 3.87. The Bertz CT molecular complexity index is 490. The number of thioether (sulfide) groups is 1. The van der Waals surface area contributed by atoms with Crippen LogP contribution >= 0.6 is 39.3 Å². The van der Waals surface area contributed by atoms with E-state index in [0.29, 0.717) is 5.88 Å². The maximum Gasteiger partial charge on any atom is 0.138 e. The second-order valence-corrected chi connectivity index (χ2v) is 5.62. The van der Waals surface area contributed by atoms with Gasteiger partial charge in [0, 0.05) is 27.3 Å². The molecule has 0 fully saturated rings. The monoisotopic (exact) mass is 328 g/mol. The first-order valence-corrected chi connectivity index (χ1v) is 7.33. The van der Waals surface area contributed by atoms with E-state index in [1.54, 1.807) is 24.2 Å². The first kappa shape index (κ1) is 12.9. The summed E-state index contributed by atoms with van der Waals surface area (Å²) < 4.78 is 1.08. The van der Waals surface area contributed by atoms with Gasteiger partial charge < -0.3 is 0 Å². The molecule has 0 unspecified atom stereocenters. The molecule has 1 aromatic carbocycles. The Morgan fingerprint density at radius 3 is 2.65 bits per heavy atom. The van der Waals surface area contributed by atoms with Gasteiger partial charge in [-0.05, 0) is 18.2 Å². The summed E-state index contributed by atoms with van der Waals surface area (Å²) in [6.45, 7) is 0. The van der Waals surface area contributed by atoms with Gasteiger partial charge in [0.1, 0.15) is 5.82 Å². The van der Waals surface area contributed by atoms with Crippen molar-refractivity contribution >= 4 is 39.3 Å². The van der Waals surface area contributed by atoms with Crippen molar-refractivity contribution in [2.24, 2.45) is 0 Å². The van der Waals surface area contributed by atoms with E-state index in [0.717, 1.165) is 21.6 Å². The molecule has 0 saturated carbocycles. The molecule has 17 heavy (non-hydrogen) atoms. The highest BCUT2D eigenvalue weighted by molar-refractivity contribution is 9.10. The van der Waals surface area contributed by atoms with Crippen LogP contribution in [0.15, 0.2) is 46.0 Å². The molecule has 2 aromatic rings. The number of nitrogens with zero attached hydrogens (tertiary/aromatic N) is 2. The van der Waals surface area contributed by atoms with Crippen molar-refractivity contribution in [1.82, 2.24) is 9.97 Å². The van der Waals surface area contributed by atoms with Crippen molar-refractivity contribution in [3.63, 3.8) is 0 Å². The summed E-state index contributed by atoms with van der Waals surface area (Å²) in [6.07, 6.45) is 3.55. The van der Waals surface area contributed by atoms with Gasteiger partial charge >= 0.3 is 0 Å². The van der Waals surface area contributed by atoms with Gasteiger partial charge in [-0.2, -0.15) is 0 Å². The summed E-state index contributed by atoms with van der Waals surface area (Å²) in [5.41, 5.74) is 0.947. The number of aromatic nitrogens is 2. The smallest absolute Gasteiger partial charge is 0.138 e. The Morgan fingerprint density at radius 1 is 1.24 bits per heavy atom. The van der Waals surface area contributed by atoms with Gasteiger partial charge in [-0.25, -0.2) is 9.97 Å². The zero-order valence-corrected chi connectivity index (χ0v) is 12.1. The summed E-state index contributed by atoms with van der Waals surface area (Å²) in [6, 6.07) is 8.18. The second kappa shape index (κ2) is 6.38. The van der Waals surface area contributed by atoms with E-state index in [1.165, 1.54) is 4.90 Å². The third-order valence-electron chi connectivity index (χ3n) is 2.08. The number of alkyl halides is 1. The molecule has 0 aliphatic rings. The van der Waals surface area contributed by atoms with Crippen LogP contribution in [0.3, 0.4) is 0 Å². The number of hydrogen-bond acceptors (Lipinski definition) is 3. The third kappa shape index (κ3) is 3.98. The predicted molar refractivity (Wildman–Crippen MR) is 75.3 cm³/mol. The van der Waals surface area contributed by atoms with Crippen molar-refractivity contribution < 1.29 is 0 Å². The molecule has 1 heterocycles. The van der Waals surface area contributed by atoms with E-state index in [9.17, 15) is 0 Å². The molecule has 0 aliphatic heterocycles. The van der Waals surface area contributed by atoms with Crippen molar-refractivity contribution in [2.75, 3.05) is 0 Å². The lowest BCUT2D eigenvalue weighted by Crippen LogP contribution is -1.93. The van der Waals surface area contributed by atoms with Gasteiger partial charge in [-0.3, -0.25) is 0 Å². The molecule has 2 rings (SSSR count). The molecule has 0 radical (unpaired) electrons. The van der Waals surface area contributed by atoms with Crippen LogP contribution in [0.1, 0.15) is 11.4 Å². The highest BCUT2D eigenvalue weighted by Gasteiger charge is 2.00. The number of benzene rings is 1. The van der Waals surface area contributed by atoms with Crippen molar-refractivity contribution in [3.8, 4) is 0 Å². The fourth-order valence-electron chi connectivity index (χ4n) is 1.23. The van der Waals surface area contributed by atoms with E-state index in [2.05, 4.69) is 38.0 Å². The fraction of sp³-hybridized carbons (Fsp3) is 0.167. The Hall–Kier alpha value is -0.580. The number of hydrogen-bond donors (Lipinski definition) is 0. The highest BCUT2D eigenvalue weighted by Crippen LogP contribution is 2.24. The van der Waals surface area contributed by atoms with Crippen molar-refractivity contribution in [3.05, 3.63) is 52.5 Å². The molecule has 0 spiro atoms. The summed E-state index contributed by atoms with van der Waals surface area (Å²) in [5.74, 6) is 2.04. The molecule has 0 aliphatic carbocycles.